The maximum atomic E-state index is 13.0. The molecule has 118 valence electrons. The van der Waals surface area contributed by atoms with Gasteiger partial charge in [0.15, 0.2) is 0 Å². The third kappa shape index (κ3) is 2.95. The van der Waals surface area contributed by atoms with E-state index >= 15 is 0 Å². The predicted molar refractivity (Wildman–Crippen MR) is 86.8 cm³/mol. The molecule has 1 aliphatic carbocycles. The fraction of sp³-hybridized carbons (Fsp3) is 0.714. The van der Waals surface area contributed by atoms with Crippen molar-refractivity contribution >= 4 is 37.3 Å². The highest BCUT2D eigenvalue weighted by Crippen LogP contribution is 2.40. The SMILES string of the molecule is O=S(=O)(c1cc(CO)sc1Br)N1CCCC2CCCCC21. The summed E-state index contributed by atoms with van der Waals surface area (Å²) >= 11 is 4.65. The van der Waals surface area contributed by atoms with E-state index in [0.29, 0.717) is 26.0 Å². The highest BCUT2D eigenvalue weighted by Gasteiger charge is 2.40. The van der Waals surface area contributed by atoms with E-state index in [0.717, 1.165) is 32.1 Å². The zero-order valence-electron chi connectivity index (χ0n) is 11.8. The second kappa shape index (κ2) is 6.28. The van der Waals surface area contributed by atoms with Crippen molar-refractivity contribution in [1.82, 2.24) is 4.31 Å². The Balaban J connectivity index is 1.94. The number of aliphatic hydroxyl groups excluding tert-OH is 1. The van der Waals surface area contributed by atoms with Gasteiger partial charge in [0.05, 0.1) is 10.4 Å². The van der Waals surface area contributed by atoms with E-state index in [9.17, 15) is 13.5 Å². The van der Waals surface area contributed by atoms with Crippen LogP contribution in [0.2, 0.25) is 0 Å². The Morgan fingerprint density at radius 1 is 1.29 bits per heavy atom. The normalized spacial score (nSPS) is 27.5. The molecule has 2 atom stereocenters. The second-order valence-corrected chi connectivity index (χ2v) is 10.2. The summed E-state index contributed by atoms with van der Waals surface area (Å²) in [5, 5.41) is 9.22. The maximum absolute atomic E-state index is 13.0. The number of nitrogens with zero attached hydrogens (tertiary/aromatic N) is 1. The number of rotatable bonds is 3. The Bertz CT molecular complexity index is 612. The molecule has 2 aliphatic rings. The number of fused-ring (bicyclic) bond motifs is 1. The summed E-state index contributed by atoms with van der Waals surface area (Å²) in [5.41, 5.74) is 0. The van der Waals surface area contributed by atoms with E-state index in [-0.39, 0.29) is 12.6 Å². The number of aliphatic hydroxyl groups is 1. The molecule has 1 saturated carbocycles. The second-order valence-electron chi connectivity index (χ2n) is 5.88. The first-order valence-corrected chi connectivity index (χ1v) is 10.5. The quantitative estimate of drug-likeness (QED) is 0.856. The van der Waals surface area contributed by atoms with Crippen molar-refractivity contribution < 1.29 is 13.5 Å². The number of sulfonamides is 1. The smallest absolute Gasteiger partial charge is 0.245 e. The highest BCUT2D eigenvalue weighted by molar-refractivity contribution is 9.11. The minimum Gasteiger partial charge on any atom is -0.391 e. The van der Waals surface area contributed by atoms with Crippen molar-refractivity contribution in [2.75, 3.05) is 6.54 Å². The summed E-state index contributed by atoms with van der Waals surface area (Å²) < 4.78 is 28.4. The Labute approximate surface area is 138 Å². The number of piperidine rings is 1. The lowest BCUT2D eigenvalue weighted by molar-refractivity contribution is 0.129. The molecule has 2 heterocycles. The van der Waals surface area contributed by atoms with Crippen LogP contribution in [-0.2, 0) is 16.6 Å². The molecule has 2 fully saturated rings. The van der Waals surface area contributed by atoms with Gasteiger partial charge in [-0.2, -0.15) is 4.31 Å². The molecule has 0 aromatic carbocycles. The summed E-state index contributed by atoms with van der Waals surface area (Å²) in [5.74, 6) is 0.525. The van der Waals surface area contributed by atoms with Crippen LogP contribution in [0.5, 0.6) is 0 Å². The first-order valence-electron chi connectivity index (χ1n) is 7.45. The van der Waals surface area contributed by atoms with Gasteiger partial charge in [0.1, 0.15) is 4.90 Å². The topological polar surface area (TPSA) is 57.6 Å². The third-order valence-electron chi connectivity index (χ3n) is 4.64. The summed E-state index contributed by atoms with van der Waals surface area (Å²) in [4.78, 5) is 1.00. The molecule has 1 N–H and O–H groups in total. The molecule has 0 bridgehead atoms. The average molecular weight is 394 g/mol. The first kappa shape index (κ1) is 15.9. The van der Waals surface area contributed by atoms with Crippen LogP contribution in [0.4, 0.5) is 0 Å². The van der Waals surface area contributed by atoms with E-state index in [2.05, 4.69) is 15.9 Å². The van der Waals surface area contributed by atoms with E-state index in [1.54, 1.807) is 10.4 Å². The molecule has 0 spiro atoms. The number of hydrogen-bond acceptors (Lipinski definition) is 4. The van der Waals surface area contributed by atoms with E-state index in [1.807, 2.05) is 0 Å². The van der Waals surface area contributed by atoms with Crippen LogP contribution in [0.1, 0.15) is 43.4 Å². The first-order chi connectivity index (χ1) is 10.0. The Kier molecular flexibility index (Phi) is 4.76. The van der Waals surface area contributed by atoms with Crippen LogP contribution in [0.3, 0.4) is 0 Å². The van der Waals surface area contributed by atoms with Gasteiger partial charge in [-0.05, 0) is 53.6 Å². The number of thiophene rings is 1. The van der Waals surface area contributed by atoms with Gasteiger partial charge in [-0.3, -0.25) is 0 Å². The molecular formula is C14H20BrNO3S2. The monoisotopic (exact) mass is 393 g/mol. The minimum atomic E-state index is -3.47. The lowest BCUT2D eigenvalue weighted by Crippen LogP contribution is -2.49. The molecule has 1 saturated heterocycles. The number of hydrogen-bond donors (Lipinski definition) is 1. The van der Waals surface area contributed by atoms with Crippen LogP contribution in [0, 0.1) is 5.92 Å². The Hall–Kier alpha value is 0.0500. The molecule has 0 amide bonds. The zero-order valence-corrected chi connectivity index (χ0v) is 15.0. The lowest BCUT2D eigenvalue weighted by Gasteiger charge is -2.43. The standard InChI is InChI=1S/C14H20BrNO3S2/c15-14-13(8-11(9-17)20-14)21(18,19)16-7-3-5-10-4-1-2-6-12(10)16/h8,10,12,17H,1-7,9H2. The fourth-order valence-corrected chi connectivity index (χ4v) is 7.90. The van der Waals surface area contributed by atoms with Gasteiger partial charge >= 0.3 is 0 Å². The lowest BCUT2D eigenvalue weighted by atomic mass is 9.79. The third-order valence-corrected chi connectivity index (χ3v) is 8.80. The fourth-order valence-electron chi connectivity index (χ4n) is 3.66. The molecule has 4 nitrogen and oxygen atoms in total. The van der Waals surface area contributed by atoms with E-state index < -0.39 is 10.0 Å². The van der Waals surface area contributed by atoms with Gasteiger partial charge in [-0.25, -0.2) is 8.42 Å². The molecule has 0 radical (unpaired) electrons. The van der Waals surface area contributed by atoms with Crippen LogP contribution >= 0.6 is 27.3 Å². The van der Waals surface area contributed by atoms with Crippen molar-refractivity contribution in [3.63, 3.8) is 0 Å². The molecule has 1 aromatic heterocycles. The summed E-state index contributed by atoms with van der Waals surface area (Å²) in [6.45, 7) is 0.505. The minimum absolute atomic E-state index is 0.120. The van der Waals surface area contributed by atoms with Crippen LogP contribution in [-0.4, -0.2) is 30.4 Å². The van der Waals surface area contributed by atoms with Crippen LogP contribution < -0.4 is 0 Å². The van der Waals surface area contributed by atoms with Crippen molar-refractivity contribution in [2.24, 2.45) is 5.92 Å². The van der Waals surface area contributed by atoms with Crippen LogP contribution in [0.15, 0.2) is 14.7 Å². The van der Waals surface area contributed by atoms with Crippen molar-refractivity contribution in [1.29, 1.82) is 0 Å². The highest BCUT2D eigenvalue weighted by atomic mass is 79.9. The van der Waals surface area contributed by atoms with E-state index in [4.69, 9.17) is 0 Å². The van der Waals surface area contributed by atoms with Gasteiger partial charge in [0.2, 0.25) is 10.0 Å². The summed E-state index contributed by atoms with van der Waals surface area (Å²) in [7, 11) is -3.47. The largest absolute Gasteiger partial charge is 0.391 e. The summed E-state index contributed by atoms with van der Waals surface area (Å²) in [6, 6.07) is 1.78. The molecule has 21 heavy (non-hydrogen) atoms. The molecule has 7 heteroatoms. The van der Waals surface area contributed by atoms with Gasteiger partial charge < -0.3 is 5.11 Å². The Morgan fingerprint density at radius 3 is 2.71 bits per heavy atom. The van der Waals surface area contributed by atoms with Gasteiger partial charge in [0.25, 0.3) is 0 Å². The molecule has 1 aromatic rings. The van der Waals surface area contributed by atoms with Gasteiger partial charge in [-0.15, -0.1) is 11.3 Å². The van der Waals surface area contributed by atoms with Crippen molar-refractivity contribution in [3.8, 4) is 0 Å². The van der Waals surface area contributed by atoms with Gasteiger partial charge in [-0.1, -0.05) is 12.8 Å². The predicted octanol–water partition coefficient (Wildman–Crippen LogP) is 3.35. The van der Waals surface area contributed by atoms with Crippen LogP contribution in [0.25, 0.3) is 0 Å². The Morgan fingerprint density at radius 2 is 2.00 bits per heavy atom. The summed E-state index contributed by atoms with van der Waals surface area (Å²) in [6.07, 6.45) is 6.60. The van der Waals surface area contributed by atoms with Crippen molar-refractivity contribution in [3.05, 3.63) is 14.7 Å². The van der Waals surface area contributed by atoms with Crippen molar-refractivity contribution in [2.45, 2.75) is 56.1 Å². The molecular weight excluding hydrogens is 374 g/mol. The maximum Gasteiger partial charge on any atom is 0.245 e. The molecule has 1 aliphatic heterocycles. The average Bonchev–Trinajstić information content (AvgIpc) is 2.88. The molecule has 2 unspecified atom stereocenters. The van der Waals surface area contributed by atoms with E-state index in [1.165, 1.54) is 17.8 Å². The van der Waals surface area contributed by atoms with Gasteiger partial charge in [0, 0.05) is 17.5 Å². The molecule has 3 rings (SSSR count). The number of halogens is 1. The zero-order chi connectivity index (χ0) is 15.0.